The molecule has 0 bridgehead atoms. The number of carbonyl (C=O) groups excluding carboxylic acids is 2. The van der Waals surface area contributed by atoms with Crippen LogP contribution in [0, 0.1) is 11.8 Å². The van der Waals surface area contributed by atoms with Crippen molar-refractivity contribution in [2.24, 2.45) is 11.8 Å². The fourth-order valence-corrected chi connectivity index (χ4v) is 6.29. The first-order valence-corrected chi connectivity index (χ1v) is 15.7. The van der Waals surface area contributed by atoms with E-state index >= 15 is 0 Å². The Balaban J connectivity index is 1.48. The van der Waals surface area contributed by atoms with Crippen LogP contribution in [0.4, 0.5) is 0 Å². The highest BCUT2D eigenvalue weighted by Crippen LogP contribution is 2.35. The normalized spacial score (nSPS) is 24.7. The summed E-state index contributed by atoms with van der Waals surface area (Å²) in [6.45, 7) is 4.49. The third-order valence-corrected chi connectivity index (χ3v) is 8.61. The molecule has 2 fully saturated rings. The fraction of sp³-hybridized carbons (Fsp3) is 0.935. The average molecular weight is 491 g/mol. The quantitative estimate of drug-likeness (QED) is 0.190. The number of hydrogen-bond donors (Lipinski definition) is 2. The minimum absolute atomic E-state index is 0.279. The highest BCUT2D eigenvalue weighted by atomic mass is 16.2. The van der Waals surface area contributed by atoms with Gasteiger partial charge in [0, 0.05) is 24.9 Å². The van der Waals surface area contributed by atoms with Crippen LogP contribution in [0.25, 0.3) is 0 Å². The van der Waals surface area contributed by atoms with Gasteiger partial charge in [-0.05, 0) is 82.5 Å². The van der Waals surface area contributed by atoms with Crippen molar-refractivity contribution in [3.05, 3.63) is 0 Å². The monoisotopic (exact) mass is 490 g/mol. The number of unbranched alkanes of at least 4 members (excludes halogenated alkanes) is 10. The summed E-state index contributed by atoms with van der Waals surface area (Å²) in [5, 5.41) is 6.63. The average Bonchev–Trinajstić information content (AvgIpc) is 2.86. The van der Waals surface area contributed by atoms with Gasteiger partial charge in [-0.15, -0.1) is 0 Å². The second-order valence-electron chi connectivity index (χ2n) is 11.8. The molecule has 2 rings (SSSR count). The van der Waals surface area contributed by atoms with E-state index in [1.807, 2.05) is 0 Å². The zero-order chi connectivity index (χ0) is 25.1. The van der Waals surface area contributed by atoms with Crippen molar-refractivity contribution in [1.29, 1.82) is 0 Å². The predicted octanol–water partition coefficient (Wildman–Crippen LogP) is 8.23. The lowest BCUT2D eigenvalue weighted by molar-refractivity contribution is -0.123. The Bertz CT molecular complexity index is 500. The van der Waals surface area contributed by atoms with Crippen LogP contribution in [0.15, 0.2) is 0 Å². The number of nitrogens with one attached hydrogen (secondary N) is 2. The van der Waals surface area contributed by atoms with Crippen molar-refractivity contribution in [3.63, 3.8) is 0 Å². The van der Waals surface area contributed by atoms with E-state index in [4.69, 9.17) is 0 Å². The van der Waals surface area contributed by atoms with Gasteiger partial charge in [0.1, 0.15) is 0 Å². The molecule has 2 amide bonds. The van der Waals surface area contributed by atoms with Crippen LogP contribution in [-0.4, -0.2) is 23.9 Å². The second-order valence-corrected chi connectivity index (χ2v) is 11.8. The van der Waals surface area contributed by atoms with Crippen LogP contribution in [0.1, 0.15) is 162 Å². The summed E-state index contributed by atoms with van der Waals surface area (Å²) in [4.78, 5) is 24.6. The molecule has 0 aromatic carbocycles. The standard InChI is InChI=1S/C31H58N2O2/c1-3-5-7-9-11-13-15-30(34)32-28-21-17-26(18-22-28)25-27-19-23-29(24-20-27)33-31(35)16-14-12-10-8-6-4-2/h26-29H,3-25H2,1-2H3,(H,32,34)(H,33,35). The number of carbonyl (C=O) groups is 2. The van der Waals surface area contributed by atoms with E-state index in [-0.39, 0.29) is 11.8 Å². The molecule has 0 saturated heterocycles. The van der Waals surface area contributed by atoms with E-state index in [0.29, 0.717) is 24.9 Å². The maximum Gasteiger partial charge on any atom is 0.220 e. The molecule has 4 nitrogen and oxygen atoms in total. The zero-order valence-corrected chi connectivity index (χ0v) is 23.4. The lowest BCUT2D eigenvalue weighted by atomic mass is 9.75. The zero-order valence-electron chi connectivity index (χ0n) is 23.4. The largest absolute Gasteiger partial charge is 0.353 e. The summed E-state index contributed by atoms with van der Waals surface area (Å²) in [6, 6.07) is 0.827. The molecule has 2 aliphatic rings. The summed E-state index contributed by atoms with van der Waals surface area (Å²) >= 11 is 0. The molecule has 2 aliphatic carbocycles. The fourth-order valence-electron chi connectivity index (χ4n) is 6.29. The Morgan fingerprint density at radius 3 is 1.23 bits per heavy atom. The molecule has 0 aromatic rings. The van der Waals surface area contributed by atoms with Gasteiger partial charge >= 0.3 is 0 Å². The highest BCUT2D eigenvalue weighted by Gasteiger charge is 2.28. The summed E-state index contributed by atoms with van der Waals surface area (Å²) in [6.07, 6.45) is 27.4. The van der Waals surface area contributed by atoms with Crippen molar-refractivity contribution in [2.75, 3.05) is 0 Å². The summed E-state index contributed by atoms with van der Waals surface area (Å²) in [5.41, 5.74) is 0. The van der Waals surface area contributed by atoms with Crippen LogP contribution in [0.2, 0.25) is 0 Å². The van der Waals surface area contributed by atoms with Gasteiger partial charge in [0.05, 0.1) is 0 Å². The van der Waals surface area contributed by atoms with Crippen molar-refractivity contribution >= 4 is 11.8 Å². The van der Waals surface area contributed by atoms with Crippen LogP contribution >= 0.6 is 0 Å². The minimum Gasteiger partial charge on any atom is -0.353 e. The third kappa shape index (κ3) is 14.3. The van der Waals surface area contributed by atoms with Gasteiger partial charge < -0.3 is 10.6 Å². The minimum atomic E-state index is 0.279. The Morgan fingerprint density at radius 2 is 0.857 bits per heavy atom. The lowest BCUT2D eigenvalue weighted by Gasteiger charge is -2.34. The van der Waals surface area contributed by atoms with Gasteiger partial charge in [-0.1, -0.05) is 78.1 Å². The van der Waals surface area contributed by atoms with E-state index < -0.39 is 0 Å². The Labute approximate surface area is 217 Å². The first kappa shape index (κ1) is 30.2. The van der Waals surface area contributed by atoms with Crippen molar-refractivity contribution in [1.82, 2.24) is 10.6 Å². The Kier molecular flexibility index (Phi) is 16.5. The van der Waals surface area contributed by atoms with Gasteiger partial charge in [-0.2, -0.15) is 0 Å². The number of rotatable bonds is 18. The molecule has 0 aromatic heterocycles. The van der Waals surface area contributed by atoms with Gasteiger partial charge in [-0.25, -0.2) is 0 Å². The first-order valence-electron chi connectivity index (χ1n) is 15.7. The van der Waals surface area contributed by atoms with E-state index in [0.717, 1.165) is 50.4 Å². The number of amides is 2. The molecule has 0 unspecified atom stereocenters. The Hall–Kier alpha value is -1.06. The molecule has 35 heavy (non-hydrogen) atoms. The molecule has 0 aliphatic heterocycles. The SMILES string of the molecule is CCCCCCCCC(=O)NC1CCC(CC2CCC(NC(=O)CCCCCCCC)CC2)CC1. The molecule has 0 heterocycles. The highest BCUT2D eigenvalue weighted by molar-refractivity contribution is 5.76. The molecular formula is C31H58N2O2. The smallest absolute Gasteiger partial charge is 0.220 e. The topological polar surface area (TPSA) is 58.2 Å². The molecule has 0 spiro atoms. The van der Waals surface area contributed by atoms with Crippen LogP contribution in [0.3, 0.4) is 0 Å². The molecule has 2 saturated carbocycles. The molecule has 4 heteroatoms. The van der Waals surface area contributed by atoms with E-state index in [2.05, 4.69) is 24.5 Å². The molecule has 0 radical (unpaired) electrons. The maximum absolute atomic E-state index is 12.3. The van der Waals surface area contributed by atoms with E-state index in [9.17, 15) is 9.59 Å². The molecule has 204 valence electrons. The second kappa shape index (κ2) is 19.1. The lowest BCUT2D eigenvalue weighted by Crippen LogP contribution is -2.39. The predicted molar refractivity (Wildman–Crippen MR) is 148 cm³/mol. The third-order valence-electron chi connectivity index (χ3n) is 8.61. The van der Waals surface area contributed by atoms with Crippen molar-refractivity contribution < 1.29 is 9.59 Å². The Morgan fingerprint density at radius 1 is 0.514 bits per heavy atom. The molecular weight excluding hydrogens is 432 g/mol. The van der Waals surface area contributed by atoms with Gasteiger partial charge in [0.25, 0.3) is 0 Å². The molecule has 0 atom stereocenters. The van der Waals surface area contributed by atoms with E-state index in [1.54, 1.807) is 0 Å². The van der Waals surface area contributed by atoms with Crippen LogP contribution in [-0.2, 0) is 9.59 Å². The van der Waals surface area contributed by atoms with Gasteiger partial charge in [0.2, 0.25) is 11.8 Å². The van der Waals surface area contributed by atoms with Crippen LogP contribution < -0.4 is 10.6 Å². The number of hydrogen-bond acceptors (Lipinski definition) is 2. The van der Waals surface area contributed by atoms with Gasteiger partial charge in [-0.3, -0.25) is 9.59 Å². The van der Waals surface area contributed by atoms with Crippen molar-refractivity contribution in [3.8, 4) is 0 Å². The summed E-state index contributed by atoms with van der Waals surface area (Å²) in [5.74, 6) is 2.23. The molecule has 2 N–H and O–H groups in total. The van der Waals surface area contributed by atoms with E-state index in [1.165, 1.54) is 96.3 Å². The van der Waals surface area contributed by atoms with Gasteiger partial charge in [0.15, 0.2) is 0 Å². The first-order chi connectivity index (χ1) is 17.1. The van der Waals surface area contributed by atoms with Crippen LogP contribution in [0.5, 0.6) is 0 Å². The maximum atomic E-state index is 12.3. The summed E-state index contributed by atoms with van der Waals surface area (Å²) in [7, 11) is 0. The van der Waals surface area contributed by atoms with Crippen molar-refractivity contribution in [2.45, 2.75) is 174 Å². The summed E-state index contributed by atoms with van der Waals surface area (Å²) < 4.78 is 0.